The van der Waals surface area contributed by atoms with Crippen LogP contribution in [-0.2, 0) is 13.0 Å². The predicted molar refractivity (Wildman–Crippen MR) is 81.0 cm³/mol. The van der Waals surface area contributed by atoms with E-state index in [2.05, 4.69) is 10.3 Å². The Balaban J connectivity index is 2.30. The first-order chi connectivity index (χ1) is 10.9. The third-order valence-corrected chi connectivity index (χ3v) is 3.17. The largest absolute Gasteiger partial charge is 0.616 e. The maximum Gasteiger partial charge on any atom is 0.409 e. The number of aromatic amines is 1. The molecule has 0 bridgehead atoms. The van der Waals surface area contributed by atoms with Gasteiger partial charge in [0.1, 0.15) is 5.76 Å². The highest BCUT2D eigenvalue weighted by Crippen LogP contribution is 2.11. The molecule has 1 amide bonds. The van der Waals surface area contributed by atoms with E-state index in [1.54, 1.807) is 12.1 Å². The first kappa shape index (κ1) is 16.6. The van der Waals surface area contributed by atoms with Crippen molar-refractivity contribution in [3.05, 3.63) is 51.1 Å². The van der Waals surface area contributed by atoms with E-state index in [0.717, 1.165) is 0 Å². The van der Waals surface area contributed by atoms with Gasteiger partial charge >= 0.3 is 11.4 Å². The quantitative estimate of drug-likeness (QED) is 0.602. The van der Waals surface area contributed by atoms with Gasteiger partial charge in [-0.15, -0.1) is 4.73 Å². The van der Waals surface area contributed by atoms with Crippen molar-refractivity contribution >= 4 is 5.91 Å². The number of hydrogen-bond acceptors (Lipinski definition) is 5. The summed E-state index contributed by atoms with van der Waals surface area (Å²) in [5, 5.41) is 14.8. The number of nitrogens with one attached hydrogen (secondary N) is 2. The Bertz CT molecular complexity index is 734. The lowest BCUT2D eigenvalue weighted by atomic mass is 10.1. The smallest absolute Gasteiger partial charge is 0.409 e. The van der Waals surface area contributed by atoms with Gasteiger partial charge in [0.15, 0.2) is 0 Å². The number of H-pyrrole nitrogens is 1. The average Bonchev–Trinajstić information content (AvgIpc) is 3.01. The molecule has 0 unspecified atom stereocenters. The number of hydrogen-bond donors (Lipinski definition) is 2. The van der Waals surface area contributed by atoms with E-state index < -0.39 is 11.5 Å². The first-order valence-corrected chi connectivity index (χ1v) is 7.17. The van der Waals surface area contributed by atoms with Gasteiger partial charge in [0.2, 0.25) is 5.69 Å². The van der Waals surface area contributed by atoms with Crippen molar-refractivity contribution in [3.63, 3.8) is 0 Å². The van der Waals surface area contributed by atoms with Crippen molar-refractivity contribution in [2.45, 2.75) is 26.8 Å². The van der Waals surface area contributed by atoms with Crippen LogP contribution < -0.4 is 20.3 Å². The van der Waals surface area contributed by atoms with Crippen LogP contribution in [-0.4, -0.2) is 18.0 Å². The summed E-state index contributed by atoms with van der Waals surface area (Å²) in [6.07, 6.45) is 1.76. The molecule has 0 saturated carbocycles. The van der Waals surface area contributed by atoms with Crippen LogP contribution in [0.5, 0.6) is 5.88 Å². The molecule has 8 heteroatoms. The Morgan fingerprint density at radius 2 is 2.26 bits per heavy atom. The second-order valence-corrected chi connectivity index (χ2v) is 5.44. The molecule has 0 atom stereocenters. The molecule has 23 heavy (non-hydrogen) atoms. The molecule has 2 N–H and O–H groups in total. The number of ether oxygens (including phenoxy) is 1. The molecule has 8 nitrogen and oxygen atoms in total. The molecular formula is C15H19N3O5. The van der Waals surface area contributed by atoms with Crippen molar-refractivity contribution in [1.82, 2.24) is 10.3 Å². The molecule has 2 aromatic heterocycles. The SMILES string of the molecule is COc1c(C(=O)NCc2ccco2)[nH]c(=O)c(CC(C)C)[n+]1[O-]. The molecule has 0 spiro atoms. The zero-order valence-corrected chi connectivity index (χ0v) is 13.2. The Labute approximate surface area is 132 Å². The van der Waals surface area contributed by atoms with Gasteiger partial charge in [0, 0.05) is 6.42 Å². The number of rotatable bonds is 6. The van der Waals surface area contributed by atoms with Crippen LogP contribution in [0.15, 0.2) is 27.6 Å². The molecule has 0 aliphatic carbocycles. The summed E-state index contributed by atoms with van der Waals surface area (Å²) in [5.74, 6) is -0.209. The fourth-order valence-corrected chi connectivity index (χ4v) is 2.13. The van der Waals surface area contributed by atoms with Crippen molar-refractivity contribution < 1.29 is 18.7 Å². The van der Waals surface area contributed by atoms with Crippen LogP contribution in [0.4, 0.5) is 0 Å². The minimum absolute atomic E-state index is 0.0134. The molecule has 0 fully saturated rings. The van der Waals surface area contributed by atoms with Gasteiger partial charge in [-0.2, -0.15) is 0 Å². The Kier molecular flexibility index (Phi) is 5.05. The zero-order chi connectivity index (χ0) is 17.0. The van der Waals surface area contributed by atoms with Crippen LogP contribution in [0.3, 0.4) is 0 Å². The minimum Gasteiger partial charge on any atom is -0.616 e. The summed E-state index contributed by atoms with van der Waals surface area (Å²) in [7, 11) is 1.27. The zero-order valence-electron chi connectivity index (χ0n) is 13.2. The van der Waals surface area contributed by atoms with Crippen molar-refractivity contribution in [2.75, 3.05) is 7.11 Å². The number of aromatic nitrogens is 2. The average molecular weight is 321 g/mol. The summed E-state index contributed by atoms with van der Waals surface area (Å²) in [6.45, 7) is 3.90. The topological polar surface area (TPSA) is 111 Å². The van der Waals surface area contributed by atoms with Crippen LogP contribution in [0.1, 0.15) is 35.8 Å². The molecular weight excluding hydrogens is 302 g/mol. The van der Waals surface area contributed by atoms with Crippen molar-refractivity contribution in [1.29, 1.82) is 0 Å². The molecule has 124 valence electrons. The Hall–Kier alpha value is -2.77. The van der Waals surface area contributed by atoms with Crippen LogP contribution >= 0.6 is 0 Å². The lowest BCUT2D eigenvalue weighted by molar-refractivity contribution is -0.622. The highest BCUT2D eigenvalue weighted by Gasteiger charge is 2.27. The molecule has 2 rings (SSSR count). The third-order valence-electron chi connectivity index (χ3n) is 3.17. The second kappa shape index (κ2) is 6.99. The molecule has 0 radical (unpaired) electrons. The molecule has 0 saturated heterocycles. The van der Waals surface area contributed by atoms with Gasteiger partial charge in [-0.05, 0) is 18.1 Å². The number of furan rings is 1. The summed E-state index contributed by atoms with van der Waals surface area (Å²) in [5.41, 5.74) is -0.802. The van der Waals surface area contributed by atoms with Gasteiger partial charge in [-0.3, -0.25) is 9.59 Å². The number of methoxy groups -OCH3 is 1. The first-order valence-electron chi connectivity index (χ1n) is 7.17. The fraction of sp³-hybridized carbons (Fsp3) is 0.400. The summed E-state index contributed by atoms with van der Waals surface area (Å²) in [6, 6.07) is 3.38. The standard InChI is InChI=1S/C15H19N3O5/c1-9(2)7-11-13(19)17-12(15(22-3)18(11)21)14(20)16-8-10-5-4-6-23-10/h4-6,9H,7-8H2,1-3H3,(H,16,20)(H,17,19). The van der Waals surface area contributed by atoms with Crippen molar-refractivity contribution in [3.8, 4) is 5.88 Å². The molecule has 2 aromatic rings. The Morgan fingerprint density at radius 1 is 1.52 bits per heavy atom. The number of nitrogens with zero attached hydrogens (tertiary/aromatic N) is 1. The fourth-order valence-electron chi connectivity index (χ4n) is 2.13. The van der Waals surface area contributed by atoms with E-state index in [4.69, 9.17) is 9.15 Å². The van der Waals surface area contributed by atoms with Gasteiger partial charge in [0.05, 0.1) is 19.9 Å². The maximum absolute atomic E-state index is 12.3. The number of carbonyl (C=O) groups excluding carboxylic acids is 1. The third kappa shape index (κ3) is 3.71. The van der Waals surface area contributed by atoms with Crippen LogP contribution in [0, 0.1) is 11.1 Å². The lowest BCUT2D eigenvalue weighted by Gasteiger charge is -2.12. The van der Waals surface area contributed by atoms with Crippen molar-refractivity contribution in [2.24, 2.45) is 5.92 Å². The van der Waals surface area contributed by atoms with Gasteiger partial charge < -0.3 is 24.7 Å². The predicted octanol–water partition coefficient (Wildman–Crippen LogP) is 0.738. The molecule has 0 aliphatic rings. The van der Waals surface area contributed by atoms with E-state index in [1.807, 2.05) is 13.8 Å². The highest BCUT2D eigenvalue weighted by atomic mass is 16.5. The number of carbonyl (C=O) groups is 1. The summed E-state index contributed by atoms with van der Waals surface area (Å²) >= 11 is 0. The van der Waals surface area contributed by atoms with Gasteiger partial charge in [-0.25, -0.2) is 0 Å². The molecule has 0 aliphatic heterocycles. The van der Waals surface area contributed by atoms with E-state index in [-0.39, 0.29) is 36.2 Å². The van der Waals surface area contributed by atoms with E-state index in [1.165, 1.54) is 13.4 Å². The minimum atomic E-state index is -0.629. The van der Waals surface area contributed by atoms with E-state index >= 15 is 0 Å². The summed E-state index contributed by atoms with van der Waals surface area (Å²) in [4.78, 5) is 26.7. The summed E-state index contributed by atoms with van der Waals surface area (Å²) < 4.78 is 10.5. The molecule has 2 heterocycles. The van der Waals surface area contributed by atoms with Crippen LogP contribution in [0.25, 0.3) is 0 Å². The molecule has 0 aromatic carbocycles. The lowest BCUT2D eigenvalue weighted by Crippen LogP contribution is -2.44. The van der Waals surface area contributed by atoms with Crippen LogP contribution in [0.2, 0.25) is 0 Å². The van der Waals surface area contributed by atoms with Gasteiger partial charge in [0.25, 0.3) is 11.6 Å². The maximum atomic E-state index is 12.3. The Morgan fingerprint density at radius 3 is 2.83 bits per heavy atom. The van der Waals surface area contributed by atoms with E-state index in [9.17, 15) is 14.8 Å². The normalized spacial score (nSPS) is 10.8. The highest BCUT2D eigenvalue weighted by molar-refractivity contribution is 5.93. The monoisotopic (exact) mass is 321 g/mol. The van der Waals surface area contributed by atoms with Gasteiger partial charge in [-0.1, -0.05) is 13.8 Å². The van der Waals surface area contributed by atoms with E-state index in [0.29, 0.717) is 10.5 Å². The number of amides is 1. The second-order valence-electron chi connectivity index (χ2n) is 5.44.